The quantitative estimate of drug-likeness (QED) is 0.614. The second kappa shape index (κ2) is 8.42. The van der Waals surface area contributed by atoms with E-state index in [0.717, 1.165) is 23.2 Å². The molecule has 1 unspecified atom stereocenters. The summed E-state index contributed by atoms with van der Waals surface area (Å²) in [5, 5.41) is 12.3. The Morgan fingerprint density at radius 1 is 1.25 bits per heavy atom. The number of aliphatic hydroxyl groups is 1. The average Bonchev–Trinajstić information content (AvgIpc) is 3.11. The molecule has 2 amide bonds. The van der Waals surface area contributed by atoms with Gasteiger partial charge in [0.2, 0.25) is 11.3 Å². The van der Waals surface area contributed by atoms with Crippen molar-refractivity contribution in [2.24, 2.45) is 0 Å². The zero-order valence-corrected chi connectivity index (χ0v) is 17.0. The van der Waals surface area contributed by atoms with Crippen molar-refractivity contribution in [3.63, 3.8) is 0 Å². The molecule has 1 fully saturated rings. The van der Waals surface area contributed by atoms with E-state index in [4.69, 9.17) is 0 Å². The molecule has 0 aromatic carbocycles. The molecule has 2 N–H and O–H groups in total. The summed E-state index contributed by atoms with van der Waals surface area (Å²) in [6.45, 7) is 2.14. The Kier molecular flexibility index (Phi) is 5.66. The first-order chi connectivity index (χ1) is 15.3. The van der Waals surface area contributed by atoms with Crippen molar-refractivity contribution < 1.29 is 23.5 Å². The molecule has 0 bridgehead atoms. The van der Waals surface area contributed by atoms with Gasteiger partial charge in [0.1, 0.15) is 17.1 Å². The van der Waals surface area contributed by atoms with Crippen LogP contribution in [-0.2, 0) is 4.79 Å². The third-order valence-electron chi connectivity index (χ3n) is 5.07. The first-order valence-corrected chi connectivity index (χ1v) is 9.94. The van der Waals surface area contributed by atoms with Gasteiger partial charge in [0.15, 0.2) is 17.3 Å². The van der Waals surface area contributed by atoms with Gasteiger partial charge in [0, 0.05) is 12.7 Å². The molecule has 1 saturated heterocycles. The monoisotopic (exact) mass is 443 g/mol. The summed E-state index contributed by atoms with van der Waals surface area (Å²) in [5.74, 6) is -3.03. The van der Waals surface area contributed by atoms with Gasteiger partial charge in [-0.3, -0.25) is 28.8 Å². The minimum Gasteiger partial charge on any atom is -0.391 e. The summed E-state index contributed by atoms with van der Waals surface area (Å²) in [4.78, 5) is 46.7. The number of carbonyl (C=O) groups is 2. The number of anilines is 1. The fourth-order valence-electron chi connectivity index (χ4n) is 3.55. The van der Waals surface area contributed by atoms with Crippen molar-refractivity contribution in [2.45, 2.75) is 25.9 Å². The number of fused-ring (bicyclic) bond motifs is 1. The molecule has 4 rings (SSSR count). The number of nitrogens with one attached hydrogen (secondary N) is 1. The van der Waals surface area contributed by atoms with Crippen LogP contribution in [0, 0.1) is 11.6 Å². The van der Waals surface area contributed by atoms with E-state index in [0.29, 0.717) is 13.0 Å². The average molecular weight is 443 g/mol. The number of rotatable bonds is 5. The number of aromatic nitrogens is 3. The van der Waals surface area contributed by atoms with Crippen molar-refractivity contribution in [2.75, 3.05) is 18.0 Å². The number of β-amino-alcohol motifs (C(OH)–C–C–N with tert-alkyl or cyclic N) is 1. The second-order valence-corrected chi connectivity index (χ2v) is 7.35. The molecule has 0 spiro atoms. The van der Waals surface area contributed by atoms with Gasteiger partial charge in [-0.05, 0) is 18.6 Å². The Labute approximate surface area is 180 Å². The van der Waals surface area contributed by atoms with Crippen LogP contribution in [-0.4, -0.2) is 50.6 Å². The number of hydrogen-bond donors (Lipinski definition) is 2. The Balaban J connectivity index is 1.99. The summed E-state index contributed by atoms with van der Waals surface area (Å²) < 4.78 is 30.1. The normalized spacial score (nSPS) is 16.1. The highest BCUT2D eigenvalue weighted by molar-refractivity contribution is 5.98. The van der Waals surface area contributed by atoms with E-state index in [9.17, 15) is 28.3 Å². The van der Waals surface area contributed by atoms with Gasteiger partial charge >= 0.3 is 0 Å². The zero-order valence-electron chi connectivity index (χ0n) is 17.0. The number of hydrogen-bond acceptors (Lipinski definition) is 6. The zero-order chi connectivity index (χ0) is 23.0. The molecule has 4 heterocycles. The second-order valence-electron chi connectivity index (χ2n) is 7.35. The number of pyridine rings is 3. The molecule has 3 aromatic rings. The summed E-state index contributed by atoms with van der Waals surface area (Å²) in [6.07, 6.45) is 2.28. The highest BCUT2D eigenvalue weighted by Crippen LogP contribution is 2.25. The van der Waals surface area contributed by atoms with E-state index < -0.39 is 34.8 Å². The Bertz CT molecular complexity index is 1270. The van der Waals surface area contributed by atoms with Crippen LogP contribution in [0.4, 0.5) is 14.6 Å². The number of aliphatic hydroxyl groups excluding tert-OH is 1. The van der Waals surface area contributed by atoms with Gasteiger partial charge in [0.25, 0.3) is 5.91 Å². The molecule has 3 aromatic heterocycles. The maximum absolute atomic E-state index is 14.6. The van der Waals surface area contributed by atoms with E-state index in [1.54, 1.807) is 0 Å². The first kappa shape index (κ1) is 21.5. The lowest BCUT2D eigenvalue weighted by molar-refractivity contribution is -0.117. The van der Waals surface area contributed by atoms with Gasteiger partial charge in [0.05, 0.1) is 36.8 Å². The number of carbonyl (C=O) groups excluding carboxylic acids is 2. The SMILES string of the molecule is CCCNC(=O)c1cn(-c2c(F)cncc2F)c2nc(N3CC(O)CC3=O)ccc2c1=O. The molecule has 0 aliphatic carbocycles. The lowest BCUT2D eigenvalue weighted by Crippen LogP contribution is -2.31. The molecular weight excluding hydrogens is 424 g/mol. The highest BCUT2D eigenvalue weighted by atomic mass is 19.1. The maximum Gasteiger partial charge on any atom is 0.256 e. The maximum atomic E-state index is 14.6. The van der Waals surface area contributed by atoms with Crippen molar-refractivity contribution >= 4 is 28.7 Å². The lowest BCUT2D eigenvalue weighted by atomic mass is 10.1. The molecule has 1 aliphatic rings. The van der Waals surface area contributed by atoms with Crippen molar-refractivity contribution in [1.82, 2.24) is 19.9 Å². The van der Waals surface area contributed by atoms with Gasteiger partial charge < -0.3 is 10.4 Å². The Morgan fingerprint density at radius 3 is 2.59 bits per heavy atom. The van der Waals surface area contributed by atoms with Crippen molar-refractivity contribution in [3.05, 3.63) is 58.1 Å². The number of nitrogens with zero attached hydrogens (tertiary/aromatic N) is 4. The molecule has 9 nitrogen and oxygen atoms in total. The fraction of sp³-hybridized carbons (Fsp3) is 0.286. The van der Waals surface area contributed by atoms with Crippen LogP contribution in [0.1, 0.15) is 30.1 Å². The highest BCUT2D eigenvalue weighted by Gasteiger charge is 2.30. The van der Waals surface area contributed by atoms with Crippen LogP contribution in [0.2, 0.25) is 0 Å². The third-order valence-corrected chi connectivity index (χ3v) is 5.07. The topological polar surface area (TPSA) is 117 Å². The minimum absolute atomic E-state index is 0.00292. The third kappa shape index (κ3) is 3.71. The molecular formula is C21H19F2N5O4. The molecule has 32 heavy (non-hydrogen) atoms. The Hall–Kier alpha value is -3.73. The molecule has 1 atom stereocenters. The molecule has 11 heteroatoms. The van der Waals surface area contributed by atoms with E-state index in [1.165, 1.54) is 17.0 Å². The predicted octanol–water partition coefficient (Wildman–Crippen LogP) is 1.30. The minimum atomic E-state index is -1.03. The predicted molar refractivity (Wildman–Crippen MR) is 111 cm³/mol. The van der Waals surface area contributed by atoms with Gasteiger partial charge in [-0.25, -0.2) is 13.8 Å². The molecule has 1 aliphatic heterocycles. The number of amides is 2. The van der Waals surface area contributed by atoms with Crippen LogP contribution < -0.4 is 15.6 Å². The smallest absolute Gasteiger partial charge is 0.256 e. The van der Waals surface area contributed by atoms with E-state index >= 15 is 0 Å². The van der Waals surface area contributed by atoms with Crippen LogP contribution >= 0.6 is 0 Å². The van der Waals surface area contributed by atoms with Crippen LogP contribution in [0.3, 0.4) is 0 Å². The molecule has 0 radical (unpaired) electrons. The standard InChI is InChI=1S/C21H19F2N5O4/c1-2-5-25-21(32)13-10-28(18-14(22)7-24-8-15(18)23)20-12(19(13)31)3-4-16(26-20)27-9-11(29)6-17(27)30/h3-4,7-8,10-11,29H,2,5-6,9H2,1H3,(H,25,32). The summed E-state index contributed by atoms with van der Waals surface area (Å²) in [6, 6.07) is 2.72. The number of halogens is 2. The summed E-state index contributed by atoms with van der Waals surface area (Å²) in [7, 11) is 0. The van der Waals surface area contributed by atoms with E-state index in [-0.39, 0.29) is 41.3 Å². The van der Waals surface area contributed by atoms with Crippen molar-refractivity contribution in [3.8, 4) is 5.69 Å². The van der Waals surface area contributed by atoms with Gasteiger partial charge in [-0.1, -0.05) is 6.92 Å². The Morgan fingerprint density at radius 2 is 1.97 bits per heavy atom. The van der Waals surface area contributed by atoms with Gasteiger partial charge in [-0.2, -0.15) is 0 Å². The molecule has 166 valence electrons. The fourth-order valence-corrected chi connectivity index (χ4v) is 3.55. The van der Waals surface area contributed by atoms with E-state index in [1.807, 2.05) is 6.92 Å². The van der Waals surface area contributed by atoms with Crippen molar-refractivity contribution in [1.29, 1.82) is 0 Å². The largest absolute Gasteiger partial charge is 0.391 e. The first-order valence-electron chi connectivity index (χ1n) is 9.94. The summed E-state index contributed by atoms with van der Waals surface area (Å²) in [5.41, 5.74) is -1.72. The van der Waals surface area contributed by atoms with Crippen LogP contribution in [0.25, 0.3) is 16.7 Å². The van der Waals surface area contributed by atoms with Crippen LogP contribution in [0.5, 0.6) is 0 Å². The van der Waals surface area contributed by atoms with Gasteiger partial charge in [-0.15, -0.1) is 0 Å². The lowest BCUT2D eigenvalue weighted by Gasteiger charge is -2.18. The van der Waals surface area contributed by atoms with E-state index in [2.05, 4.69) is 15.3 Å². The summed E-state index contributed by atoms with van der Waals surface area (Å²) >= 11 is 0. The molecule has 0 saturated carbocycles. The van der Waals surface area contributed by atoms with Crippen LogP contribution in [0.15, 0.2) is 35.5 Å².